The van der Waals surface area contributed by atoms with Crippen molar-refractivity contribution in [1.29, 1.82) is 0 Å². The summed E-state index contributed by atoms with van der Waals surface area (Å²) in [7, 11) is 0. The van der Waals surface area contributed by atoms with Crippen molar-refractivity contribution in [2.24, 2.45) is 0 Å². The van der Waals surface area contributed by atoms with Gasteiger partial charge in [-0.25, -0.2) is 0 Å². The second-order valence-corrected chi connectivity index (χ2v) is 3.56. The van der Waals surface area contributed by atoms with Crippen LogP contribution in [0.4, 0.5) is 0 Å². The van der Waals surface area contributed by atoms with E-state index in [-0.39, 0.29) is 0 Å². The van der Waals surface area contributed by atoms with Crippen LogP contribution in [0.1, 0.15) is 39.5 Å². The summed E-state index contributed by atoms with van der Waals surface area (Å²) in [4.78, 5) is 10.7. The molecule has 0 spiro atoms. The monoisotopic (exact) mass is 190 g/mol. The molecular formula is C13H18O. The molecule has 0 bridgehead atoms. The summed E-state index contributed by atoms with van der Waals surface area (Å²) in [6.07, 6.45) is 11.4. The first-order valence-electron chi connectivity index (χ1n) is 5.37. The van der Waals surface area contributed by atoms with Crippen molar-refractivity contribution in [1.82, 2.24) is 0 Å². The second-order valence-electron chi connectivity index (χ2n) is 3.56. The van der Waals surface area contributed by atoms with Crippen LogP contribution in [0.15, 0.2) is 34.9 Å². The van der Waals surface area contributed by atoms with Gasteiger partial charge in [0.15, 0.2) is 0 Å². The Labute approximate surface area is 86.2 Å². The van der Waals surface area contributed by atoms with Gasteiger partial charge in [0.25, 0.3) is 0 Å². The zero-order valence-corrected chi connectivity index (χ0v) is 9.05. The van der Waals surface area contributed by atoms with Crippen molar-refractivity contribution in [3.63, 3.8) is 0 Å². The molecule has 0 aromatic heterocycles. The van der Waals surface area contributed by atoms with E-state index in [9.17, 15) is 4.79 Å². The van der Waals surface area contributed by atoms with E-state index >= 15 is 0 Å². The van der Waals surface area contributed by atoms with Crippen LogP contribution in [0, 0.1) is 0 Å². The first-order chi connectivity index (χ1) is 6.81. The van der Waals surface area contributed by atoms with Crippen LogP contribution in [0.5, 0.6) is 0 Å². The standard InChI is InChI=1S/C13H18O/c1-3-6-13-9-11(10-14)7-5-8-12(13)4-2/h7-10H,3-6H2,1-2H3. The molecule has 0 saturated carbocycles. The minimum Gasteiger partial charge on any atom is -0.298 e. The molecule has 1 rings (SSSR count). The number of carbonyl (C=O) groups is 1. The average molecular weight is 190 g/mol. The number of hydrogen-bond acceptors (Lipinski definition) is 1. The normalized spacial score (nSPS) is 16.6. The van der Waals surface area contributed by atoms with Gasteiger partial charge in [-0.15, -0.1) is 0 Å². The van der Waals surface area contributed by atoms with E-state index in [4.69, 9.17) is 0 Å². The van der Waals surface area contributed by atoms with Crippen LogP contribution in [-0.2, 0) is 4.79 Å². The predicted octanol–water partition coefficient (Wildman–Crippen LogP) is 3.58. The van der Waals surface area contributed by atoms with Gasteiger partial charge in [0.05, 0.1) is 0 Å². The molecule has 1 heteroatoms. The van der Waals surface area contributed by atoms with Gasteiger partial charge in [0.1, 0.15) is 6.29 Å². The maximum absolute atomic E-state index is 10.7. The molecule has 1 nitrogen and oxygen atoms in total. The zero-order chi connectivity index (χ0) is 10.4. The van der Waals surface area contributed by atoms with Crippen molar-refractivity contribution in [3.8, 4) is 0 Å². The lowest BCUT2D eigenvalue weighted by molar-refractivity contribution is -0.104. The fourth-order valence-corrected chi connectivity index (χ4v) is 1.78. The number of rotatable bonds is 4. The minimum atomic E-state index is 0.827. The van der Waals surface area contributed by atoms with Gasteiger partial charge in [-0.2, -0.15) is 0 Å². The first-order valence-corrected chi connectivity index (χ1v) is 5.37. The molecule has 1 aliphatic rings. The maximum atomic E-state index is 10.7. The number of carbonyl (C=O) groups excluding carboxylic acids is 1. The Bertz CT molecular complexity index is 292. The predicted molar refractivity (Wildman–Crippen MR) is 60.1 cm³/mol. The fraction of sp³-hybridized carbons (Fsp3) is 0.462. The van der Waals surface area contributed by atoms with Crippen LogP contribution < -0.4 is 0 Å². The third-order valence-corrected chi connectivity index (χ3v) is 2.51. The lowest BCUT2D eigenvalue weighted by Gasteiger charge is -2.07. The maximum Gasteiger partial charge on any atom is 0.149 e. The summed E-state index contributed by atoms with van der Waals surface area (Å²) in [5.41, 5.74) is 3.57. The highest BCUT2D eigenvalue weighted by Gasteiger charge is 2.06. The molecule has 0 unspecified atom stereocenters. The van der Waals surface area contributed by atoms with Crippen LogP contribution >= 0.6 is 0 Å². The molecule has 0 aliphatic heterocycles. The number of aldehydes is 1. The summed E-state index contributed by atoms with van der Waals surface area (Å²) in [5.74, 6) is 0. The van der Waals surface area contributed by atoms with Crippen molar-refractivity contribution < 1.29 is 4.79 Å². The van der Waals surface area contributed by atoms with E-state index < -0.39 is 0 Å². The number of allylic oxidation sites excluding steroid dienone is 6. The van der Waals surface area contributed by atoms with Crippen molar-refractivity contribution in [2.75, 3.05) is 0 Å². The fourth-order valence-electron chi connectivity index (χ4n) is 1.78. The molecule has 0 heterocycles. The molecule has 1 aliphatic carbocycles. The smallest absolute Gasteiger partial charge is 0.149 e. The summed E-state index contributed by atoms with van der Waals surface area (Å²) >= 11 is 0. The highest BCUT2D eigenvalue weighted by Crippen LogP contribution is 2.23. The van der Waals surface area contributed by atoms with E-state index in [1.165, 1.54) is 11.1 Å². The summed E-state index contributed by atoms with van der Waals surface area (Å²) < 4.78 is 0. The van der Waals surface area contributed by atoms with Crippen molar-refractivity contribution >= 4 is 6.29 Å². The Morgan fingerprint density at radius 3 is 2.64 bits per heavy atom. The number of hydrogen-bond donors (Lipinski definition) is 0. The Balaban J connectivity index is 2.93. The molecule has 0 fully saturated rings. The van der Waals surface area contributed by atoms with Crippen LogP contribution in [0.25, 0.3) is 0 Å². The summed E-state index contributed by atoms with van der Waals surface area (Å²) in [6.45, 7) is 4.34. The van der Waals surface area contributed by atoms with Gasteiger partial charge < -0.3 is 0 Å². The Kier molecular flexibility index (Phi) is 4.37. The molecule has 0 aromatic carbocycles. The van der Waals surface area contributed by atoms with E-state index in [1.54, 1.807) is 0 Å². The van der Waals surface area contributed by atoms with Gasteiger partial charge in [-0.3, -0.25) is 4.79 Å². The molecule has 0 saturated heterocycles. The van der Waals surface area contributed by atoms with Gasteiger partial charge in [-0.05, 0) is 36.5 Å². The van der Waals surface area contributed by atoms with Gasteiger partial charge in [-0.1, -0.05) is 32.4 Å². The highest BCUT2D eigenvalue weighted by molar-refractivity contribution is 5.78. The van der Waals surface area contributed by atoms with Crippen molar-refractivity contribution in [2.45, 2.75) is 39.5 Å². The van der Waals surface area contributed by atoms with Gasteiger partial charge in [0.2, 0.25) is 0 Å². The van der Waals surface area contributed by atoms with E-state index in [2.05, 4.69) is 19.9 Å². The van der Waals surface area contributed by atoms with Crippen LogP contribution in [0.3, 0.4) is 0 Å². The van der Waals surface area contributed by atoms with E-state index in [0.717, 1.165) is 37.5 Å². The van der Waals surface area contributed by atoms with Crippen LogP contribution in [-0.4, -0.2) is 6.29 Å². The lowest BCUT2D eigenvalue weighted by Crippen LogP contribution is -1.89. The zero-order valence-electron chi connectivity index (χ0n) is 9.05. The van der Waals surface area contributed by atoms with Crippen molar-refractivity contribution in [3.05, 3.63) is 34.9 Å². The molecule has 0 amide bonds. The summed E-state index contributed by atoms with van der Waals surface area (Å²) in [6, 6.07) is 0. The molecule has 0 N–H and O–H groups in total. The first kappa shape index (κ1) is 11.0. The Morgan fingerprint density at radius 2 is 2.07 bits per heavy atom. The molecule has 0 aromatic rings. The largest absolute Gasteiger partial charge is 0.298 e. The lowest BCUT2D eigenvalue weighted by atomic mass is 9.98. The minimum absolute atomic E-state index is 0.827. The quantitative estimate of drug-likeness (QED) is 0.619. The average Bonchev–Trinajstić information content (AvgIpc) is 2.40. The highest BCUT2D eigenvalue weighted by atomic mass is 16.1. The van der Waals surface area contributed by atoms with Gasteiger partial charge in [0, 0.05) is 5.57 Å². The van der Waals surface area contributed by atoms with E-state index in [1.807, 2.05) is 12.2 Å². The molecule has 14 heavy (non-hydrogen) atoms. The Hall–Kier alpha value is -1.11. The third-order valence-electron chi connectivity index (χ3n) is 2.51. The summed E-state index contributed by atoms with van der Waals surface area (Å²) in [5, 5.41) is 0. The molecule has 76 valence electrons. The topological polar surface area (TPSA) is 17.1 Å². The SMILES string of the molecule is CCCC1=CC(C=O)=CCC=C1CC. The third kappa shape index (κ3) is 2.69. The van der Waals surface area contributed by atoms with Crippen LogP contribution in [0.2, 0.25) is 0 Å². The molecular weight excluding hydrogens is 172 g/mol. The Morgan fingerprint density at radius 1 is 1.29 bits per heavy atom. The molecule has 0 atom stereocenters. The van der Waals surface area contributed by atoms with E-state index in [0.29, 0.717) is 0 Å². The second kappa shape index (κ2) is 5.58. The molecule has 0 radical (unpaired) electrons. The van der Waals surface area contributed by atoms with Gasteiger partial charge >= 0.3 is 0 Å².